The van der Waals surface area contributed by atoms with Gasteiger partial charge in [0.25, 0.3) is 0 Å². The molecule has 4 unspecified atom stereocenters. The summed E-state index contributed by atoms with van der Waals surface area (Å²) in [6.45, 7) is 45.6. The fourth-order valence-electron chi connectivity index (χ4n) is 6.75. The molecule has 0 aromatic heterocycles. The maximum absolute atomic E-state index is 8.04. The highest BCUT2D eigenvalue weighted by Crippen LogP contribution is 2.59. The van der Waals surface area contributed by atoms with Gasteiger partial charge in [0.05, 0.1) is 22.9 Å². The van der Waals surface area contributed by atoms with E-state index in [1.165, 1.54) is 0 Å². The Hall–Kier alpha value is 0.548. The zero-order chi connectivity index (χ0) is 34.8. The highest BCUT2D eigenvalue weighted by Gasteiger charge is 2.77. The summed E-state index contributed by atoms with van der Waals surface area (Å²) in [6, 6.07) is 0. The summed E-state index contributed by atoms with van der Waals surface area (Å²) in [5.41, 5.74) is -1.28. The van der Waals surface area contributed by atoms with Crippen LogP contribution in [0.2, 0.25) is 20.2 Å². The molecule has 0 amide bonds. The molecule has 12 heteroatoms. The molecule has 0 aromatic rings. The van der Waals surface area contributed by atoms with Crippen molar-refractivity contribution in [3.05, 3.63) is 0 Å². The largest absolute Gasteiger partial charge is 0.412 e. The van der Waals surface area contributed by atoms with Crippen LogP contribution in [0.3, 0.4) is 0 Å². The molecule has 4 atom stereocenters. The van der Waals surface area contributed by atoms with Crippen LogP contribution in [0.1, 0.15) is 138 Å². The van der Waals surface area contributed by atoms with Gasteiger partial charge in [-0.25, -0.2) is 0 Å². The Balaban J connectivity index is 4.70. The van der Waals surface area contributed by atoms with Crippen LogP contribution in [0.5, 0.6) is 0 Å². The molecule has 1 heterocycles. The molecule has 264 valence electrons. The molecule has 0 aliphatic carbocycles. The molecular weight excluding hydrogens is 625 g/mol. The fourth-order valence-corrected chi connectivity index (χ4v) is 37.7. The fraction of sp³-hybridized carbons (Fsp3) is 1.00. The van der Waals surface area contributed by atoms with Crippen molar-refractivity contribution < 1.29 is 35.4 Å². The Morgan fingerprint density at radius 1 is 0.364 bits per heavy atom. The lowest BCUT2D eigenvalue weighted by molar-refractivity contribution is 0.0158. The number of ether oxygens (including phenoxy) is 4. The first-order valence-electron chi connectivity index (χ1n) is 17.0. The van der Waals surface area contributed by atoms with Crippen LogP contribution in [0.25, 0.3) is 0 Å². The summed E-state index contributed by atoms with van der Waals surface area (Å²) < 4.78 is 58.4. The maximum Gasteiger partial charge on any atom is 0.355 e. The normalized spacial score (nSPS) is 32.5. The van der Waals surface area contributed by atoms with Gasteiger partial charge in [0.2, 0.25) is 0 Å². The van der Waals surface area contributed by atoms with Crippen molar-refractivity contribution in [2.24, 2.45) is 0 Å². The van der Waals surface area contributed by atoms with Gasteiger partial charge < -0.3 is 35.4 Å². The standard InChI is InChI=1S/C32H72O8Si4/c1-21-33-25(5)41(29(9,10)11)37-42(30(12,13)14,26(6)34-22-2)39-44(32(18,19)20,28(8)36-24-4)40-43(38-41,31(15,16)17)27(7)35-23-3/h25-28H,21-24H2,1-20H3. The topological polar surface area (TPSA) is 73.8 Å². The van der Waals surface area contributed by atoms with Crippen LogP contribution >= 0.6 is 0 Å². The molecule has 1 saturated heterocycles. The molecule has 44 heavy (non-hydrogen) atoms. The summed E-state index contributed by atoms with van der Waals surface area (Å²) in [7, 11) is -13.9. The van der Waals surface area contributed by atoms with E-state index in [9.17, 15) is 0 Å². The average molecular weight is 697 g/mol. The monoisotopic (exact) mass is 696 g/mol. The van der Waals surface area contributed by atoms with E-state index in [2.05, 4.69) is 111 Å². The van der Waals surface area contributed by atoms with Crippen molar-refractivity contribution in [1.29, 1.82) is 0 Å². The minimum atomic E-state index is -3.47. The van der Waals surface area contributed by atoms with Crippen LogP contribution in [-0.4, -0.2) is 83.6 Å². The zero-order valence-corrected chi connectivity index (χ0v) is 36.4. The van der Waals surface area contributed by atoms with Gasteiger partial charge in [-0.2, -0.15) is 0 Å². The van der Waals surface area contributed by atoms with Crippen LogP contribution in [0.4, 0.5) is 0 Å². The van der Waals surface area contributed by atoms with Gasteiger partial charge in [-0.15, -0.1) is 0 Å². The van der Waals surface area contributed by atoms with Gasteiger partial charge in [-0.1, -0.05) is 83.1 Å². The molecule has 1 aliphatic heterocycles. The molecular formula is C32H72O8Si4. The summed E-state index contributed by atoms with van der Waals surface area (Å²) in [6.07, 6.45) is 0. The SMILES string of the molecule is CCOC(C)[Si]1(C(C)(C)C)O[Si](C(C)OCC)(C(C)(C)C)O[Si](C(C)OCC)(C(C)(C)C)O[Si](C(C)OCC)(C(C)(C)C)O1. The van der Waals surface area contributed by atoms with E-state index in [0.717, 1.165) is 0 Å². The first-order chi connectivity index (χ1) is 19.8. The van der Waals surface area contributed by atoms with Crippen molar-refractivity contribution in [1.82, 2.24) is 0 Å². The maximum atomic E-state index is 8.04. The minimum Gasteiger partial charge on any atom is -0.412 e. The first kappa shape index (κ1) is 42.6. The van der Waals surface area contributed by atoms with Crippen molar-refractivity contribution in [3.63, 3.8) is 0 Å². The van der Waals surface area contributed by atoms with Gasteiger partial charge in [0.15, 0.2) is 0 Å². The molecule has 0 bridgehead atoms. The number of hydrogen-bond donors (Lipinski definition) is 0. The molecule has 8 nitrogen and oxygen atoms in total. The lowest BCUT2D eigenvalue weighted by atomic mass is 10.2. The van der Waals surface area contributed by atoms with Gasteiger partial charge in [0, 0.05) is 46.6 Å². The molecule has 0 spiro atoms. The van der Waals surface area contributed by atoms with Crippen LogP contribution in [0.15, 0.2) is 0 Å². The zero-order valence-electron chi connectivity index (χ0n) is 32.4. The van der Waals surface area contributed by atoms with Gasteiger partial charge in [-0.05, 0) is 55.4 Å². The number of hydrogen-bond acceptors (Lipinski definition) is 8. The van der Waals surface area contributed by atoms with Gasteiger partial charge >= 0.3 is 34.2 Å². The molecule has 1 aliphatic rings. The van der Waals surface area contributed by atoms with E-state index in [1.807, 2.05) is 27.7 Å². The summed E-state index contributed by atoms with van der Waals surface area (Å²) >= 11 is 0. The van der Waals surface area contributed by atoms with E-state index in [0.29, 0.717) is 26.4 Å². The third-order valence-electron chi connectivity index (χ3n) is 9.20. The first-order valence-corrected chi connectivity index (χ1v) is 24.6. The van der Waals surface area contributed by atoms with Crippen molar-refractivity contribution in [3.8, 4) is 0 Å². The Bertz CT molecular complexity index is 739. The third kappa shape index (κ3) is 7.88. The predicted molar refractivity (Wildman–Crippen MR) is 191 cm³/mol. The van der Waals surface area contributed by atoms with Gasteiger partial charge in [0.1, 0.15) is 0 Å². The van der Waals surface area contributed by atoms with E-state index in [1.54, 1.807) is 0 Å². The average Bonchev–Trinajstić information content (AvgIpc) is 2.82. The van der Waals surface area contributed by atoms with E-state index in [-0.39, 0.29) is 22.9 Å². The van der Waals surface area contributed by atoms with Gasteiger partial charge in [-0.3, -0.25) is 0 Å². The molecule has 0 N–H and O–H groups in total. The summed E-state index contributed by atoms with van der Waals surface area (Å²) in [4.78, 5) is 0. The van der Waals surface area contributed by atoms with E-state index >= 15 is 0 Å². The second-order valence-corrected chi connectivity index (χ2v) is 34.3. The molecule has 0 radical (unpaired) electrons. The second kappa shape index (κ2) is 15.0. The Morgan fingerprint density at radius 3 is 0.591 bits per heavy atom. The van der Waals surface area contributed by atoms with Crippen LogP contribution in [-0.2, 0) is 35.4 Å². The lowest BCUT2D eigenvalue weighted by Gasteiger charge is -2.65. The molecule has 0 aromatic carbocycles. The number of rotatable bonds is 12. The minimum absolute atomic E-state index is 0.320. The second-order valence-electron chi connectivity index (χ2n) is 16.5. The van der Waals surface area contributed by atoms with Crippen molar-refractivity contribution >= 4 is 34.2 Å². The Kier molecular flexibility index (Phi) is 14.5. The quantitative estimate of drug-likeness (QED) is 0.187. The van der Waals surface area contributed by atoms with Crippen molar-refractivity contribution in [2.45, 2.75) is 182 Å². The smallest absolute Gasteiger partial charge is 0.355 e. The highest BCUT2D eigenvalue weighted by atomic mass is 28.5. The van der Waals surface area contributed by atoms with Crippen LogP contribution < -0.4 is 0 Å². The summed E-state index contributed by atoms with van der Waals surface area (Å²) in [5, 5.41) is -1.69. The van der Waals surface area contributed by atoms with E-state index in [4.69, 9.17) is 35.4 Å². The third-order valence-corrected chi connectivity index (χ3v) is 32.2. The summed E-state index contributed by atoms with van der Waals surface area (Å²) in [5.74, 6) is 0. The Labute approximate surface area is 276 Å². The van der Waals surface area contributed by atoms with Crippen LogP contribution in [0, 0.1) is 0 Å². The predicted octanol–water partition coefficient (Wildman–Crippen LogP) is 8.89. The van der Waals surface area contributed by atoms with Crippen molar-refractivity contribution in [2.75, 3.05) is 26.4 Å². The Morgan fingerprint density at radius 2 is 0.500 bits per heavy atom. The lowest BCUT2D eigenvalue weighted by Crippen LogP contribution is -2.84. The molecule has 0 saturated carbocycles. The molecule has 1 rings (SSSR count). The molecule has 1 fully saturated rings. The van der Waals surface area contributed by atoms with E-state index < -0.39 is 54.4 Å². The highest BCUT2D eigenvalue weighted by molar-refractivity contribution is 6.98.